The highest BCUT2D eigenvalue weighted by Crippen LogP contribution is 2.31. The molecule has 24 heavy (non-hydrogen) atoms. The van der Waals surface area contributed by atoms with E-state index in [1.807, 2.05) is 0 Å². The minimum Gasteiger partial charge on any atom is -0.492 e. The fraction of sp³-hybridized carbons (Fsp3) is 0.727. The van der Waals surface area contributed by atoms with Crippen molar-refractivity contribution in [3.05, 3.63) is 29.8 Å². The van der Waals surface area contributed by atoms with Crippen molar-refractivity contribution in [2.45, 2.75) is 84.1 Å². The fourth-order valence-electron chi connectivity index (χ4n) is 3.94. The van der Waals surface area contributed by atoms with Gasteiger partial charge in [-0.25, -0.2) is 0 Å². The van der Waals surface area contributed by atoms with Crippen LogP contribution in [0, 0.1) is 0 Å². The zero-order valence-corrected chi connectivity index (χ0v) is 16.3. The summed E-state index contributed by atoms with van der Waals surface area (Å²) in [5.74, 6) is 1.01. The molecule has 0 N–H and O–H groups in total. The average molecular weight is 332 g/mol. The van der Waals surface area contributed by atoms with Crippen LogP contribution in [-0.2, 0) is 5.41 Å². The molecule has 1 aliphatic carbocycles. The second-order valence-corrected chi connectivity index (χ2v) is 7.56. The molecule has 0 bridgehead atoms. The van der Waals surface area contributed by atoms with Gasteiger partial charge >= 0.3 is 0 Å². The first-order valence-electron chi connectivity index (χ1n) is 10.1. The van der Waals surface area contributed by atoms with Crippen molar-refractivity contribution in [1.82, 2.24) is 4.90 Å². The second-order valence-electron chi connectivity index (χ2n) is 7.56. The predicted molar refractivity (Wildman–Crippen MR) is 104 cm³/mol. The topological polar surface area (TPSA) is 12.5 Å². The number of rotatable bonds is 9. The number of likely N-dealkylation sites (N-methyl/N-ethyl adjacent to an activating group) is 1. The van der Waals surface area contributed by atoms with Gasteiger partial charge in [-0.1, -0.05) is 59.1 Å². The molecule has 0 unspecified atom stereocenters. The molecule has 0 spiro atoms. The van der Waals surface area contributed by atoms with E-state index in [0.29, 0.717) is 5.41 Å². The summed E-state index contributed by atoms with van der Waals surface area (Å²) in [4.78, 5) is 2.61. The number of ether oxygens (including phenoxy) is 1. The molecule has 2 nitrogen and oxygen atoms in total. The molecule has 1 aromatic carbocycles. The van der Waals surface area contributed by atoms with Gasteiger partial charge in [-0.3, -0.25) is 4.90 Å². The van der Waals surface area contributed by atoms with Crippen LogP contribution in [0.15, 0.2) is 24.3 Å². The van der Waals surface area contributed by atoms with Gasteiger partial charge in [-0.2, -0.15) is 0 Å². The first kappa shape index (κ1) is 19.3. The van der Waals surface area contributed by atoms with Crippen molar-refractivity contribution in [2.75, 3.05) is 19.7 Å². The highest BCUT2D eigenvalue weighted by Gasteiger charge is 2.22. The quantitative estimate of drug-likeness (QED) is 0.567. The van der Waals surface area contributed by atoms with E-state index in [0.717, 1.165) is 31.5 Å². The number of nitrogens with zero attached hydrogens (tertiary/aromatic N) is 1. The van der Waals surface area contributed by atoms with Gasteiger partial charge in [0.1, 0.15) is 12.4 Å². The first-order chi connectivity index (χ1) is 11.6. The lowest BCUT2D eigenvalue weighted by Gasteiger charge is -2.33. The maximum Gasteiger partial charge on any atom is 0.119 e. The van der Waals surface area contributed by atoms with Crippen molar-refractivity contribution in [2.24, 2.45) is 0 Å². The highest BCUT2D eigenvalue weighted by molar-refractivity contribution is 5.31. The minimum absolute atomic E-state index is 0.290. The number of hydrogen-bond donors (Lipinski definition) is 0. The van der Waals surface area contributed by atoms with E-state index in [-0.39, 0.29) is 0 Å². The molecule has 0 radical (unpaired) electrons. The molecule has 136 valence electrons. The summed E-state index contributed by atoms with van der Waals surface area (Å²) in [7, 11) is 0. The van der Waals surface area contributed by atoms with E-state index in [1.54, 1.807) is 0 Å². The van der Waals surface area contributed by atoms with Gasteiger partial charge in [0, 0.05) is 12.6 Å². The van der Waals surface area contributed by atoms with Crippen molar-refractivity contribution in [3.63, 3.8) is 0 Å². The summed E-state index contributed by atoms with van der Waals surface area (Å²) in [6.45, 7) is 12.2. The van der Waals surface area contributed by atoms with Crippen LogP contribution < -0.4 is 4.74 Å². The lowest BCUT2D eigenvalue weighted by atomic mass is 9.78. The maximum atomic E-state index is 6.02. The van der Waals surface area contributed by atoms with Crippen LogP contribution in [0.4, 0.5) is 0 Å². The van der Waals surface area contributed by atoms with Crippen LogP contribution in [0.25, 0.3) is 0 Å². The molecule has 2 rings (SSSR count). The molecule has 0 atom stereocenters. The molecule has 0 saturated heterocycles. The molecule has 1 aromatic rings. The van der Waals surface area contributed by atoms with Crippen LogP contribution in [0.1, 0.15) is 78.2 Å². The van der Waals surface area contributed by atoms with Crippen molar-refractivity contribution < 1.29 is 4.74 Å². The molecular weight excluding hydrogens is 294 g/mol. The Bertz CT molecular complexity index is 457. The van der Waals surface area contributed by atoms with Crippen LogP contribution in [-0.4, -0.2) is 30.6 Å². The number of hydrogen-bond acceptors (Lipinski definition) is 2. The standard InChI is InChI=1S/C22H37NO/c1-5-22(4,6-2)19-13-15-21(16-14-19)24-18-17-23(7-3)20-11-9-8-10-12-20/h13-16,20H,5-12,17-18H2,1-4H3. The molecule has 1 saturated carbocycles. The summed E-state index contributed by atoms with van der Waals surface area (Å²) in [6.07, 6.45) is 9.32. The number of benzene rings is 1. The monoisotopic (exact) mass is 331 g/mol. The Morgan fingerprint density at radius 1 is 1.00 bits per heavy atom. The van der Waals surface area contributed by atoms with Gasteiger partial charge in [0.05, 0.1) is 0 Å². The Morgan fingerprint density at radius 3 is 2.17 bits per heavy atom. The van der Waals surface area contributed by atoms with E-state index in [1.165, 1.54) is 50.5 Å². The third kappa shape index (κ3) is 4.99. The van der Waals surface area contributed by atoms with Crippen LogP contribution >= 0.6 is 0 Å². The van der Waals surface area contributed by atoms with E-state index in [2.05, 4.69) is 56.9 Å². The average Bonchev–Trinajstić information content (AvgIpc) is 2.66. The molecular formula is C22H37NO. The van der Waals surface area contributed by atoms with Gasteiger partial charge < -0.3 is 4.74 Å². The third-order valence-corrected chi connectivity index (χ3v) is 6.26. The van der Waals surface area contributed by atoms with E-state index >= 15 is 0 Å². The summed E-state index contributed by atoms with van der Waals surface area (Å²) in [5, 5.41) is 0. The zero-order chi connectivity index (χ0) is 17.4. The summed E-state index contributed by atoms with van der Waals surface area (Å²) in [6, 6.07) is 9.58. The summed E-state index contributed by atoms with van der Waals surface area (Å²) < 4.78 is 6.02. The van der Waals surface area contributed by atoms with E-state index < -0.39 is 0 Å². The third-order valence-electron chi connectivity index (χ3n) is 6.26. The van der Waals surface area contributed by atoms with Gasteiger partial charge in [0.25, 0.3) is 0 Å². The van der Waals surface area contributed by atoms with Crippen LogP contribution in [0.2, 0.25) is 0 Å². The van der Waals surface area contributed by atoms with Crippen molar-refractivity contribution in [3.8, 4) is 5.75 Å². The SMILES string of the molecule is CCN(CCOc1ccc(C(C)(CC)CC)cc1)C1CCCCC1. The second kappa shape index (κ2) is 9.46. The van der Waals surface area contributed by atoms with Crippen LogP contribution in [0.5, 0.6) is 5.75 Å². The van der Waals surface area contributed by atoms with E-state index in [9.17, 15) is 0 Å². The van der Waals surface area contributed by atoms with E-state index in [4.69, 9.17) is 4.74 Å². The van der Waals surface area contributed by atoms with Gasteiger partial charge in [-0.05, 0) is 55.3 Å². The van der Waals surface area contributed by atoms with Crippen LogP contribution in [0.3, 0.4) is 0 Å². The Balaban J connectivity index is 1.83. The molecule has 1 fully saturated rings. The van der Waals surface area contributed by atoms with Crippen molar-refractivity contribution >= 4 is 0 Å². The normalized spacial score (nSPS) is 16.5. The Kier molecular flexibility index (Phi) is 7.61. The highest BCUT2D eigenvalue weighted by atomic mass is 16.5. The van der Waals surface area contributed by atoms with Crippen molar-refractivity contribution in [1.29, 1.82) is 0 Å². The maximum absolute atomic E-state index is 6.02. The zero-order valence-electron chi connectivity index (χ0n) is 16.3. The molecule has 2 heteroatoms. The summed E-state index contributed by atoms with van der Waals surface area (Å²) >= 11 is 0. The minimum atomic E-state index is 0.290. The van der Waals surface area contributed by atoms with Gasteiger partial charge in [0.15, 0.2) is 0 Å². The molecule has 1 aliphatic rings. The molecule has 0 amide bonds. The Labute approximate surface area is 149 Å². The fourth-order valence-corrected chi connectivity index (χ4v) is 3.94. The van der Waals surface area contributed by atoms with Gasteiger partial charge in [0.2, 0.25) is 0 Å². The molecule has 0 heterocycles. The predicted octanol–water partition coefficient (Wildman–Crippen LogP) is 5.80. The molecule has 0 aliphatic heterocycles. The lowest BCUT2D eigenvalue weighted by Crippen LogP contribution is -2.39. The smallest absolute Gasteiger partial charge is 0.119 e. The Hall–Kier alpha value is -1.02. The summed E-state index contributed by atoms with van der Waals surface area (Å²) in [5.41, 5.74) is 1.72. The first-order valence-corrected chi connectivity index (χ1v) is 10.1. The lowest BCUT2D eigenvalue weighted by molar-refractivity contribution is 0.137. The van der Waals surface area contributed by atoms with Gasteiger partial charge in [-0.15, -0.1) is 0 Å². The molecule has 0 aromatic heterocycles. The largest absolute Gasteiger partial charge is 0.492 e. The Morgan fingerprint density at radius 2 is 1.62 bits per heavy atom.